The third-order valence-electron chi connectivity index (χ3n) is 1.80. The molecule has 0 aliphatic carbocycles. The van der Waals surface area contributed by atoms with Crippen LogP contribution in [0.25, 0.3) is 0 Å². The first-order valence-electron chi connectivity index (χ1n) is 4.70. The van der Waals surface area contributed by atoms with Crippen molar-refractivity contribution in [3.63, 3.8) is 0 Å². The van der Waals surface area contributed by atoms with Crippen molar-refractivity contribution in [3.8, 4) is 0 Å². The summed E-state index contributed by atoms with van der Waals surface area (Å²) in [6, 6.07) is -0.286. The third-order valence-corrected chi connectivity index (χ3v) is 1.80. The van der Waals surface area contributed by atoms with Crippen LogP contribution >= 0.6 is 0 Å². The molecule has 0 spiro atoms. The molecule has 1 atom stereocenters. The Labute approximate surface area is 93.8 Å². The van der Waals surface area contributed by atoms with E-state index >= 15 is 0 Å². The molecule has 0 radical (unpaired) electrons. The minimum Gasteiger partial charge on any atom is -0.356 e. The Morgan fingerprint density at radius 3 is 2.81 bits per heavy atom. The summed E-state index contributed by atoms with van der Waals surface area (Å²) < 4.78 is 1.44. The Balaban J connectivity index is 3.29. The highest BCUT2D eigenvalue weighted by atomic mass is 15.4. The third kappa shape index (κ3) is 2.31. The van der Waals surface area contributed by atoms with Gasteiger partial charge in [-0.25, -0.2) is 9.98 Å². The first-order valence-corrected chi connectivity index (χ1v) is 4.70. The van der Waals surface area contributed by atoms with Crippen molar-refractivity contribution < 1.29 is 0 Å². The fraction of sp³-hybridized carbons (Fsp3) is 0.333. The summed E-state index contributed by atoms with van der Waals surface area (Å²) in [5, 5.41) is 6.96. The average molecular weight is 221 g/mol. The second-order valence-corrected chi connectivity index (χ2v) is 3.01. The molecule has 0 bridgehead atoms. The van der Waals surface area contributed by atoms with Gasteiger partial charge in [0.15, 0.2) is 5.82 Å². The van der Waals surface area contributed by atoms with E-state index < -0.39 is 0 Å². The van der Waals surface area contributed by atoms with Crippen molar-refractivity contribution in [1.82, 2.24) is 14.8 Å². The van der Waals surface area contributed by atoms with E-state index in [0.29, 0.717) is 11.8 Å². The molecule has 86 valence electrons. The monoisotopic (exact) mass is 221 g/mol. The van der Waals surface area contributed by atoms with E-state index in [4.69, 9.17) is 5.73 Å². The van der Waals surface area contributed by atoms with Gasteiger partial charge in [0.2, 0.25) is 5.95 Å². The minimum atomic E-state index is -0.286. The normalized spacial score (nSPS) is 13.3. The van der Waals surface area contributed by atoms with Crippen molar-refractivity contribution in [2.24, 2.45) is 15.7 Å². The number of nitrogens with one attached hydrogen (secondary N) is 1. The summed E-state index contributed by atoms with van der Waals surface area (Å²) in [5.74, 6) is 1.29. The quantitative estimate of drug-likeness (QED) is 0.570. The molecule has 16 heavy (non-hydrogen) atoms. The van der Waals surface area contributed by atoms with Crippen molar-refractivity contribution in [2.45, 2.75) is 13.0 Å². The van der Waals surface area contributed by atoms with Crippen LogP contribution in [-0.2, 0) is 0 Å². The smallest absolute Gasteiger partial charge is 0.251 e. The second-order valence-electron chi connectivity index (χ2n) is 3.01. The van der Waals surface area contributed by atoms with Gasteiger partial charge in [-0.1, -0.05) is 6.58 Å². The summed E-state index contributed by atoms with van der Waals surface area (Å²) >= 11 is 0. The maximum absolute atomic E-state index is 5.78. The van der Waals surface area contributed by atoms with Gasteiger partial charge >= 0.3 is 0 Å². The Hall–Kier alpha value is -2.02. The Morgan fingerprint density at radius 1 is 1.69 bits per heavy atom. The standard InChI is InChI=1S/C9H15N7/c1-5-13-9(12-4)16-7(6(2)10)14-8(11-3)15-16/h5-6H,1,4,10H2,2-3H3,(H,11,15)/t6-/m0/s1. The molecule has 0 fully saturated rings. The Bertz CT molecular complexity index is 415. The van der Waals surface area contributed by atoms with Crippen LogP contribution in [0.2, 0.25) is 0 Å². The van der Waals surface area contributed by atoms with Gasteiger partial charge in [-0.15, -0.1) is 5.10 Å². The minimum absolute atomic E-state index is 0.286. The van der Waals surface area contributed by atoms with Gasteiger partial charge < -0.3 is 11.1 Å². The second kappa shape index (κ2) is 5.17. The summed E-state index contributed by atoms with van der Waals surface area (Å²) in [5.41, 5.74) is 5.78. The number of hydrogen-bond donors (Lipinski definition) is 2. The zero-order chi connectivity index (χ0) is 12.1. The van der Waals surface area contributed by atoms with Gasteiger partial charge in [0.05, 0.1) is 6.04 Å². The number of nitrogens with two attached hydrogens (primary N) is 1. The van der Waals surface area contributed by atoms with E-state index in [-0.39, 0.29) is 12.0 Å². The molecule has 0 aromatic carbocycles. The topological polar surface area (TPSA) is 93.5 Å². The van der Waals surface area contributed by atoms with Crippen LogP contribution in [0.3, 0.4) is 0 Å². The molecule has 7 heteroatoms. The highest BCUT2D eigenvalue weighted by molar-refractivity contribution is 5.86. The molecule has 3 N–H and O–H groups in total. The summed E-state index contributed by atoms with van der Waals surface area (Å²) in [6.07, 6.45) is 1.36. The van der Waals surface area contributed by atoms with Crippen molar-refractivity contribution in [2.75, 3.05) is 12.4 Å². The molecule has 0 aliphatic rings. The van der Waals surface area contributed by atoms with Crippen molar-refractivity contribution in [1.29, 1.82) is 0 Å². The van der Waals surface area contributed by atoms with Crippen molar-refractivity contribution in [3.05, 3.63) is 18.6 Å². The fourth-order valence-corrected chi connectivity index (χ4v) is 1.12. The Kier molecular flexibility index (Phi) is 3.90. The number of nitrogens with zero attached hydrogens (tertiary/aromatic N) is 5. The highest BCUT2D eigenvalue weighted by Crippen LogP contribution is 2.10. The molecule has 0 saturated carbocycles. The molecule has 0 unspecified atom stereocenters. The van der Waals surface area contributed by atoms with Gasteiger partial charge in [0, 0.05) is 13.2 Å². The molecular formula is C9H15N7. The fourth-order valence-electron chi connectivity index (χ4n) is 1.12. The lowest BCUT2D eigenvalue weighted by Gasteiger charge is -2.05. The largest absolute Gasteiger partial charge is 0.356 e. The van der Waals surface area contributed by atoms with Crippen LogP contribution in [0.1, 0.15) is 18.8 Å². The molecule has 0 saturated heterocycles. The van der Waals surface area contributed by atoms with Gasteiger partial charge in [-0.3, -0.25) is 0 Å². The maximum Gasteiger partial charge on any atom is 0.251 e. The number of rotatable bonds is 3. The number of aliphatic imine (C=N–C) groups is 2. The van der Waals surface area contributed by atoms with Gasteiger partial charge in [0.25, 0.3) is 5.96 Å². The van der Waals surface area contributed by atoms with Crippen LogP contribution < -0.4 is 11.1 Å². The molecule has 0 amide bonds. The lowest BCUT2D eigenvalue weighted by molar-refractivity contribution is 0.705. The molecule has 1 aromatic heterocycles. The first-order chi connectivity index (χ1) is 7.63. The predicted octanol–water partition coefficient (Wildman–Crippen LogP) is 0.388. The van der Waals surface area contributed by atoms with Gasteiger partial charge in [-0.2, -0.15) is 9.67 Å². The first kappa shape index (κ1) is 12.1. The maximum atomic E-state index is 5.78. The summed E-state index contributed by atoms with van der Waals surface area (Å²) in [6.45, 7) is 8.71. The number of hydrogen-bond acceptors (Lipinski definition) is 5. The molecule has 1 aromatic rings. The van der Waals surface area contributed by atoms with Crippen LogP contribution in [0.15, 0.2) is 22.8 Å². The van der Waals surface area contributed by atoms with Gasteiger partial charge in [0.1, 0.15) is 0 Å². The lowest BCUT2D eigenvalue weighted by atomic mass is 10.3. The molecule has 1 rings (SSSR count). The zero-order valence-corrected chi connectivity index (χ0v) is 9.38. The highest BCUT2D eigenvalue weighted by Gasteiger charge is 2.15. The lowest BCUT2D eigenvalue weighted by Crippen LogP contribution is -2.19. The van der Waals surface area contributed by atoms with E-state index in [1.54, 1.807) is 14.0 Å². The molecular weight excluding hydrogens is 206 g/mol. The van der Waals surface area contributed by atoms with Crippen LogP contribution in [0.5, 0.6) is 0 Å². The predicted molar refractivity (Wildman–Crippen MR) is 64.8 cm³/mol. The van der Waals surface area contributed by atoms with Crippen molar-refractivity contribution >= 4 is 18.6 Å². The Morgan fingerprint density at radius 2 is 2.38 bits per heavy atom. The molecule has 7 nitrogen and oxygen atoms in total. The van der Waals surface area contributed by atoms with Crippen LogP contribution in [0, 0.1) is 0 Å². The molecule has 0 aliphatic heterocycles. The molecule has 1 heterocycles. The summed E-state index contributed by atoms with van der Waals surface area (Å²) in [7, 11) is 1.72. The van der Waals surface area contributed by atoms with Crippen LogP contribution in [-0.4, -0.2) is 34.5 Å². The van der Waals surface area contributed by atoms with E-state index in [1.165, 1.54) is 10.9 Å². The number of anilines is 1. The summed E-state index contributed by atoms with van der Waals surface area (Å²) in [4.78, 5) is 11.9. The SMILES string of the molecule is C=CN=C(N=C)n1nc(NC)nc1[C@H](C)N. The van der Waals surface area contributed by atoms with Gasteiger partial charge in [-0.05, 0) is 13.6 Å². The average Bonchev–Trinajstić information content (AvgIpc) is 2.69. The van der Waals surface area contributed by atoms with E-state index in [9.17, 15) is 0 Å². The van der Waals surface area contributed by atoms with E-state index in [0.717, 1.165) is 0 Å². The van der Waals surface area contributed by atoms with Crippen LogP contribution in [0.4, 0.5) is 5.95 Å². The zero-order valence-electron chi connectivity index (χ0n) is 9.38. The number of aromatic nitrogens is 3. The van der Waals surface area contributed by atoms with E-state index in [2.05, 4.69) is 38.7 Å². The van der Waals surface area contributed by atoms with E-state index in [1.807, 2.05) is 0 Å².